The Morgan fingerprint density at radius 1 is 1.21 bits per heavy atom. The summed E-state index contributed by atoms with van der Waals surface area (Å²) in [5, 5.41) is 3.10. The van der Waals surface area contributed by atoms with E-state index in [1.165, 1.54) is 0 Å². The van der Waals surface area contributed by atoms with Gasteiger partial charge in [0.1, 0.15) is 6.04 Å². The quantitative estimate of drug-likeness (QED) is 0.803. The number of nitrogens with zero attached hydrogens (tertiary/aromatic N) is 1. The van der Waals surface area contributed by atoms with Gasteiger partial charge < -0.3 is 10.2 Å². The van der Waals surface area contributed by atoms with Crippen molar-refractivity contribution < 1.29 is 9.59 Å². The SMILES string of the molecule is CCCCC(=O)N1[C@H](CCC)SC[C@H]1C(=O)Nc1ccc(C)cc1. The van der Waals surface area contributed by atoms with Crippen LogP contribution in [0, 0.1) is 6.92 Å². The van der Waals surface area contributed by atoms with Gasteiger partial charge in [-0.25, -0.2) is 0 Å². The second kappa shape index (κ2) is 9.11. The molecular formula is C19H28N2O2S. The molecular weight excluding hydrogens is 320 g/mol. The van der Waals surface area contributed by atoms with Gasteiger partial charge in [-0.15, -0.1) is 11.8 Å². The second-order valence-corrected chi connectivity index (χ2v) is 7.56. The Hall–Kier alpha value is -1.49. The van der Waals surface area contributed by atoms with E-state index in [0.29, 0.717) is 12.2 Å². The van der Waals surface area contributed by atoms with Crippen molar-refractivity contribution in [3.05, 3.63) is 29.8 Å². The molecule has 0 aliphatic carbocycles. The molecule has 0 radical (unpaired) electrons. The summed E-state index contributed by atoms with van der Waals surface area (Å²) in [7, 11) is 0. The average Bonchev–Trinajstić information content (AvgIpc) is 2.99. The molecule has 1 saturated heterocycles. The Morgan fingerprint density at radius 2 is 1.92 bits per heavy atom. The van der Waals surface area contributed by atoms with Crippen molar-refractivity contribution >= 4 is 29.3 Å². The zero-order valence-corrected chi connectivity index (χ0v) is 15.7. The molecule has 0 spiro atoms. The number of carbonyl (C=O) groups is 2. The highest BCUT2D eigenvalue weighted by molar-refractivity contribution is 8.00. The molecule has 1 aliphatic rings. The van der Waals surface area contributed by atoms with Crippen LogP contribution < -0.4 is 5.32 Å². The molecule has 4 nitrogen and oxygen atoms in total. The highest BCUT2D eigenvalue weighted by Crippen LogP contribution is 2.33. The third kappa shape index (κ3) is 4.76. The van der Waals surface area contributed by atoms with Gasteiger partial charge in [-0.3, -0.25) is 9.59 Å². The van der Waals surface area contributed by atoms with E-state index in [9.17, 15) is 9.59 Å². The number of hydrogen-bond donors (Lipinski definition) is 1. The van der Waals surface area contributed by atoms with Crippen LogP contribution in [-0.2, 0) is 9.59 Å². The number of hydrogen-bond acceptors (Lipinski definition) is 3. The molecule has 5 heteroatoms. The van der Waals surface area contributed by atoms with E-state index >= 15 is 0 Å². The molecule has 1 aromatic rings. The summed E-state index contributed by atoms with van der Waals surface area (Å²) in [6, 6.07) is 7.40. The predicted molar refractivity (Wildman–Crippen MR) is 101 cm³/mol. The number of anilines is 1. The van der Waals surface area contributed by atoms with Gasteiger partial charge in [-0.1, -0.05) is 44.4 Å². The summed E-state index contributed by atoms with van der Waals surface area (Å²) in [4.78, 5) is 27.2. The largest absolute Gasteiger partial charge is 0.324 e. The van der Waals surface area contributed by atoms with Crippen LogP contribution >= 0.6 is 11.8 Å². The van der Waals surface area contributed by atoms with Crippen LogP contribution in [0.1, 0.15) is 51.5 Å². The average molecular weight is 349 g/mol. The highest BCUT2D eigenvalue weighted by atomic mass is 32.2. The summed E-state index contributed by atoms with van der Waals surface area (Å²) < 4.78 is 0. The van der Waals surface area contributed by atoms with Gasteiger partial charge in [-0.05, 0) is 31.9 Å². The van der Waals surface area contributed by atoms with E-state index in [1.54, 1.807) is 11.8 Å². The van der Waals surface area contributed by atoms with Crippen molar-refractivity contribution in [2.75, 3.05) is 11.1 Å². The first-order chi connectivity index (χ1) is 11.6. The van der Waals surface area contributed by atoms with E-state index in [-0.39, 0.29) is 23.2 Å². The Morgan fingerprint density at radius 3 is 2.54 bits per heavy atom. The normalized spacial score (nSPS) is 20.2. The summed E-state index contributed by atoms with van der Waals surface area (Å²) >= 11 is 1.73. The minimum Gasteiger partial charge on any atom is -0.324 e. The molecule has 1 aromatic carbocycles. The molecule has 2 rings (SSSR count). The molecule has 24 heavy (non-hydrogen) atoms. The van der Waals surface area contributed by atoms with Gasteiger partial charge in [0.2, 0.25) is 11.8 Å². The third-order valence-electron chi connectivity index (χ3n) is 4.28. The van der Waals surface area contributed by atoms with E-state index in [1.807, 2.05) is 36.1 Å². The van der Waals surface area contributed by atoms with E-state index < -0.39 is 0 Å². The Bertz CT molecular complexity index is 559. The standard InChI is InChI=1S/C19H28N2O2S/c1-4-6-8-17(22)21-16(13-24-18(21)7-5-2)19(23)20-15-11-9-14(3)10-12-15/h9-12,16,18H,4-8,13H2,1-3H3,(H,20,23)/t16-,18-/m0/s1. The first kappa shape index (κ1) is 18.8. The minimum atomic E-state index is -0.364. The lowest BCUT2D eigenvalue weighted by Gasteiger charge is -2.29. The molecule has 132 valence electrons. The smallest absolute Gasteiger partial charge is 0.248 e. The lowest BCUT2D eigenvalue weighted by atomic mass is 10.1. The summed E-state index contributed by atoms with van der Waals surface area (Å²) in [5.74, 6) is 0.722. The number of amides is 2. The third-order valence-corrected chi connectivity index (χ3v) is 5.64. The van der Waals surface area contributed by atoms with Crippen LogP contribution in [0.2, 0.25) is 0 Å². The zero-order valence-electron chi connectivity index (χ0n) is 14.9. The maximum atomic E-state index is 12.7. The first-order valence-electron chi connectivity index (χ1n) is 8.87. The molecule has 0 aromatic heterocycles. The van der Waals surface area contributed by atoms with Crippen molar-refractivity contribution in [2.45, 2.75) is 64.3 Å². The van der Waals surface area contributed by atoms with Crippen LogP contribution in [0.5, 0.6) is 0 Å². The van der Waals surface area contributed by atoms with Gasteiger partial charge in [0, 0.05) is 17.9 Å². The van der Waals surface area contributed by atoms with Crippen LogP contribution in [0.3, 0.4) is 0 Å². The monoisotopic (exact) mass is 348 g/mol. The maximum Gasteiger partial charge on any atom is 0.248 e. The fourth-order valence-corrected chi connectivity index (χ4v) is 4.43. The van der Waals surface area contributed by atoms with E-state index in [0.717, 1.165) is 36.9 Å². The zero-order chi connectivity index (χ0) is 17.5. The van der Waals surface area contributed by atoms with Gasteiger partial charge in [0.15, 0.2) is 0 Å². The Kier molecular flexibility index (Phi) is 7.16. The molecule has 0 bridgehead atoms. The fraction of sp³-hybridized carbons (Fsp3) is 0.579. The number of benzene rings is 1. The highest BCUT2D eigenvalue weighted by Gasteiger charge is 2.40. The number of carbonyl (C=O) groups excluding carboxylic acids is 2. The fourth-order valence-electron chi connectivity index (χ4n) is 2.89. The summed E-state index contributed by atoms with van der Waals surface area (Å²) in [6.07, 6.45) is 4.36. The van der Waals surface area contributed by atoms with Crippen molar-refractivity contribution in [1.82, 2.24) is 4.90 Å². The van der Waals surface area contributed by atoms with Gasteiger partial charge in [-0.2, -0.15) is 0 Å². The molecule has 1 fully saturated rings. The van der Waals surface area contributed by atoms with Crippen molar-refractivity contribution in [2.24, 2.45) is 0 Å². The van der Waals surface area contributed by atoms with Crippen LogP contribution in [0.4, 0.5) is 5.69 Å². The Balaban J connectivity index is 2.08. The number of nitrogens with one attached hydrogen (secondary N) is 1. The van der Waals surface area contributed by atoms with E-state index in [4.69, 9.17) is 0 Å². The van der Waals surface area contributed by atoms with Crippen LogP contribution in [0.25, 0.3) is 0 Å². The molecule has 0 unspecified atom stereocenters. The predicted octanol–water partition coefficient (Wildman–Crippen LogP) is 4.19. The van der Waals surface area contributed by atoms with E-state index in [2.05, 4.69) is 19.2 Å². The molecule has 2 amide bonds. The van der Waals surface area contributed by atoms with Crippen LogP contribution in [-0.4, -0.2) is 33.9 Å². The van der Waals surface area contributed by atoms with Crippen LogP contribution in [0.15, 0.2) is 24.3 Å². The lowest BCUT2D eigenvalue weighted by molar-refractivity contribution is -0.138. The van der Waals surface area contributed by atoms with Crippen molar-refractivity contribution in [3.63, 3.8) is 0 Å². The number of thioether (sulfide) groups is 1. The molecule has 1 aliphatic heterocycles. The first-order valence-corrected chi connectivity index (χ1v) is 9.92. The number of aryl methyl sites for hydroxylation is 1. The maximum absolute atomic E-state index is 12.7. The van der Waals surface area contributed by atoms with Gasteiger partial charge in [0.25, 0.3) is 0 Å². The van der Waals surface area contributed by atoms with Gasteiger partial charge in [0.05, 0.1) is 5.37 Å². The lowest BCUT2D eigenvalue weighted by Crippen LogP contribution is -2.47. The molecule has 2 atom stereocenters. The summed E-state index contributed by atoms with van der Waals surface area (Å²) in [6.45, 7) is 6.22. The Labute approximate surface area is 149 Å². The minimum absolute atomic E-state index is 0.0743. The van der Waals surface area contributed by atoms with Crippen molar-refractivity contribution in [1.29, 1.82) is 0 Å². The second-order valence-electron chi connectivity index (χ2n) is 6.35. The van der Waals surface area contributed by atoms with Crippen molar-refractivity contribution in [3.8, 4) is 0 Å². The number of unbranched alkanes of at least 4 members (excludes halogenated alkanes) is 1. The molecule has 0 saturated carbocycles. The topological polar surface area (TPSA) is 49.4 Å². The molecule has 1 N–H and O–H groups in total. The summed E-state index contributed by atoms with van der Waals surface area (Å²) in [5.41, 5.74) is 1.94. The number of rotatable bonds is 7. The molecule has 1 heterocycles. The van der Waals surface area contributed by atoms with Gasteiger partial charge >= 0.3 is 0 Å².